The topological polar surface area (TPSA) is 92.6 Å². The molecule has 0 spiro atoms. The fraction of sp³-hybridized carbons (Fsp3) is 0.118. The van der Waals surface area contributed by atoms with Gasteiger partial charge in [0.2, 0.25) is 5.13 Å². The van der Waals surface area contributed by atoms with Crippen LogP contribution in [0.3, 0.4) is 0 Å². The number of ether oxygens (including phenoxy) is 1. The third-order valence-electron chi connectivity index (χ3n) is 7.21. The van der Waals surface area contributed by atoms with Crippen LogP contribution in [0, 0.1) is 6.92 Å². The second-order valence-electron chi connectivity index (χ2n) is 10.4. The normalized spacial score (nSPS) is 15.8. The molecule has 232 valence electrons. The molecule has 0 saturated carbocycles. The van der Waals surface area contributed by atoms with Gasteiger partial charge >= 0.3 is 5.91 Å². The molecule has 1 fully saturated rings. The van der Waals surface area contributed by atoms with Crippen molar-refractivity contribution >= 4 is 84.8 Å². The monoisotopic (exact) mass is 751 g/mol. The predicted molar refractivity (Wildman–Crippen MR) is 187 cm³/mol. The maximum Gasteiger partial charge on any atom is 0.301 e. The number of halogens is 3. The molecular formula is C34H24BrCl2N3O4S2. The number of hydrogen-bond donors (Lipinski definition) is 1. The van der Waals surface area contributed by atoms with Gasteiger partial charge in [0.1, 0.15) is 18.1 Å². The quantitative estimate of drug-likeness (QED) is 0.0527. The molecule has 4 aromatic carbocycles. The Hall–Kier alpha value is -3.67. The second-order valence-corrected chi connectivity index (χ2v) is 14.3. The van der Waals surface area contributed by atoms with E-state index in [1.807, 2.05) is 43.3 Å². The molecule has 1 atom stereocenters. The summed E-state index contributed by atoms with van der Waals surface area (Å²) in [7, 11) is 0. The van der Waals surface area contributed by atoms with Crippen molar-refractivity contribution in [2.24, 2.45) is 0 Å². The van der Waals surface area contributed by atoms with Gasteiger partial charge in [0.25, 0.3) is 5.78 Å². The zero-order valence-corrected chi connectivity index (χ0v) is 28.8. The number of hydrogen-bond acceptors (Lipinski definition) is 8. The second kappa shape index (κ2) is 14.0. The van der Waals surface area contributed by atoms with Crippen molar-refractivity contribution in [3.05, 3.63) is 139 Å². The molecular weight excluding hydrogens is 729 g/mol. The summed E-state index contributed by atoms with van der Waals surface area (Å²) in [4.78, 5) is 28.4. The molecule has 1 aliphatic rings. The number of rotatable bonds is 9. The number of aryl methyl sites for hydroxylation is 1. The molecule has 7 nitrogen and oxygen atoms in total. The number of carbonyl (C=O) groups is 2. The standard InChI is InChI=1S/C34H24BrCl2N3O4S2/c1-19-3-2-4-20(15-19)17-44-26-13-8-22(9-14-26)30(41)28-29(21-5-10-24(35)11-6-21)40(32(43)31(28)42)33-38-39-34(46-33)45-18-23-7-12-25(36)16-27(23)37/h2-16,29,41H,17-18H2,1H3. The Morgan fingerprint density at radius 1 is 1.00 bits per heavy atom. The Morgan fingerprint density at radius 3 is 2.48 bits per heavy atom. The summed E-state index contributed by atoms with van der Waals surface area (Å²) in [5.41, 5.74) is 4.00. The first kappa shape index (κ1) is 32.3. The van der Waals surface area contributed by atoms with Crippen LogP contribution >= 0.6 is 62.2 Å². The van der Waals surface area contributed by atoms with Crippen LogP contribution in [0.4, 0.5) is 5.13 Å². The first-order valence-corrected chi connectivity index (χ1v) is 17.3. The average Bonchev–Trinajstić information content (AvgIpc) is 3.61. The minimum absolute atomic E-state index is 0.0434. The Bertz CT molecular complexity index is 1970. The third-order valence-corrected chi connectivity index (χ3v) is 10.4. The number of ketones is 1. The Morgan fingerprint density at radius 2 is 1.76 bits per heavy atom. The van der Waals surface area contributed by atoms with Gasteiger partial charge in [0.15, 0.2) is 4.34 Å². The largest absolute Gasteiger partial charge is 0.507 e. The lowest BCUT2D eigenvalue weighted by Gasteiger charge is -2.22. The van der Waals surface area contributed by atoms with Crippen LogP contribution in [-0.4, -0.2) is 27.0 Å². The molecule has 0 bridgehead atoms. The Labute approximate surface area is 292 Å². The van der Waals surface area contributed by atoms with Gasteiger partial charge in [-0.2, -0.15) is 0 Å². The molecule has 1 unspecified atom stereocenters. The average molecular weight is 754 g/mol. The molecule has 0 aliphatic carbocycles. The first-order chi connectivity index (χ1) is 22.2. The minimum Gasteiger partial charge on any atom is -0.507 e. The highest BCUT2D eigenvalue weighted by molar-refractivity contribution is 9.10. The molecule has 1 N–H and O–H groups in total. The van der Waals surface area contributed by atoms with Crippen molar-refractivity contribution in [3.8, 4) is 5.75 Å². The summed E-state index contributed by atoms with van der Waals surface area (Å²) in [6.07, 6.45) is 0. The van der Waals surface area contributed by atoms with Gasteiger partial charge in [-0.3, -0.25) is 14.5 Å². The van der Waals surface area contributed by atoms with Crippen LogP contribution in [0.5, 0.6) is 5.75 Å². The zero-order chi connectivity index (χ0) is 32.4. The maximum atomic E-state index is 13.6. The highest BCUT2D eigenvalue weighted by atomic mass is 79.9. The van der Waals surface area contributed by atoms with E-state index in [2.05, 4.69) is 32.2 Å². The molecule has 0 radical (unpaired) electrons. The van der Waals surface area contributed by atoms with Crippen LogP contribution in [0.15, 0.2) is 105 Å². The van der Waals surface area contributed by atoms with Gasteiger partial charge < -0.3 is 9.84 Å². The highest BCUT2D eigenvalue weighted by Crippen LogP contribution is 2.44. The number of amides is 1. The van der Waals surface area contributed by atoms with E-state index in [1.54, 1.807) is 48.5 Å². The van der Waals surface area contributed by atoms with Gasteiger partial charge in [-0.15, -0.1) is 10.2 Å². The lowest BCUT2D eigenvalue weighted by atomic mass is 9.95. The molecule has 5 aromatic rings. The lowest BCUT2D eigenvalue weighted by molar-refractivity contribution is -0.132. The van der Waals surface area contributed by atoms with Gasteiger partial charge in [-0.05, 0) is 72.1 Å². The van der Waals surface area contributed by atoms with Gasteiger partial charge in [0, 0.05) is 25.8 Å². The van der Waals surface area contributed by atoms with E-state index in [4.69, 9.17) is 27.9 Å². The summed E-state index contributed by atoms with van der Waals surface area (Å²) in [5.74, 6) is -0.814. The summed E-state index contributed by atoms with van der Waals surface area (Å²) in [5, 5.41) is 21.4. The number of aliphatic hydroxyl groups is 1. The number of nitrogens with zero attached hydrogens (tertiary/aromatic N) is 3. The zero-order valence-electron chi connectivity index (χ0n) is 24.1. The molecule has 6 rings (SSSR count). The Balaban J connectivity index is 1.29. The van der Waals surface area contributed by atoms with Crippen molar-refractivity contribution in [1.29, 1.82) is 0 Å². The molecule has 1 amide bonds. The Kier molecular flexibility index (Phi) is 9.81. The van der Waals surface area contributed by atoms with E-state index in [0.717, 1.165) is 21.2 Å². The van der Waals surface area contributed by atoms with Crippen LogP contribution < -0.4 is 9.64 Å². The molecule has 1 aromatic heterocycles. The molecule has 12 heteroatoms. The minimum atomic E-state index is -0.929. The van der Waals surface area contributed by atoms with Crippen molar-refractivity contribution in [2.45, 2.75) is 29.7 Å². The van der Waals surface area contributed by atoms with E-state index in [9.17, 15) is 14.7 Å². The number of thioether (sulfide) groups is 1. The van der Waals surface area contributed by atoms with Crippen molar-refractivity contribution in [2.75, 3.05) is 4.90 Å². The van der Waals surface area contributed by atoms with Gasteiger partial charge in [-0.1, -0.05) is 110 Å². The van der Waals surface area contributed by atoms with E-state index in [1.165, 1.54) is 28.0 Å². The number of benzene rings is 4. The maximum absolute atomic E-state index is 13.6. The number of anilines is 1. The molecule has 46 heavy (non-hydrogen) atoms. The van der Waals surface area contributed by atoms with Crippen LogP contribution in [0.2, 0.25) is 10.0 Å². The predicted octanol–water partition coefficient (Wildman–Crippen LogP) is 9.41. The number of aliphatic hydroxyl groups excluding tert-OH is 1. The first-order valence-electron chi connectivity index (χ1n) is 13.9. The molecule has 1 saturated heterocycles. The third kappa shape index (κ3) is 7.01. The van der Waals surface area contributed by atoms with E-state index in [-0.39, 0.29) is 16.5 Å². The van der Waals surface area contributed by atoms with Gasteiger partial charge in [0.05, 0.1) is 11.6 Å². The van der Waals surface area contributed by atoms with E-state index in [0.29, 0.717) is 43.6 Å². The highest BCUT2D eigenvalue weighted by Gasteiger charge is 2.48. The summed E-state index contributed by atoms with van der Waals surface area (Å²) in [6, 6.07) is 26.4. The van der Waals surface area contributed by atoms with Crippen LogP contribution in [0.1, 0.15) is 33.9 Å². The van der Waals surface area contributed by atoms with Crippen molar-refractivity contribution < 1.29 is 19.4 Å². The summed E-state index contributed by atoms with van der Waals surface area (Å²) >= 11 is 18.4. The number of aromatic nitrogens is 2. The van der Waals surface area contributed by atoms with E-state index >= 15 is 0 Å². The van der Waals surface area contributed by atoms with Crippen LogP contribution in [0.25, 0.3) is 5.76 Å². The smallest absolute Gasteiger partial charge is 0.301 e. The van der Waals surface area contributed by atoms with E-state index < -0.39 is 17.7 Å². The summed E-state index contributed by atoms with van der Waals surface area (Å²) in [6.45, 7) is 2.41. The fourth-order valence-electron chi connectivity index (χ4n) is 4.96. The fourth-order valence-corrected chi connectivity index (χ4v) is 7.65. The SMILES string of the molecule is Cc1cccc(COc2ccc(C(O)=C3C(=O)C(=O)N(c4nnc(SCc5ccc(Cl)cc5Cl)s4)C3c3ccc(Br)cc3)cc2)c1. The number of carbonyl (C=O) groups excluding carboxylic acids is 2. The molecule has 1 aliphatic heterocycles. The lowest BCUT2D eigenvalue weighted by Crippen LogP contribution is -2.29. The summed E-state index contributed by atoms with van der Waals surface area (Å²) < 4.78 is 7.33. The van der Waals surface area contributed by atoms with Crippen molar-refractivity contribution in [1.82, 2.24) is 10.2 Å². The van der Waals surface area contributed by atoms with Crippen LogP contribution in [-0.2, 0) is 21.9 Å². The molecule has 2 heterocycles. The van der Waals surface area contributed by atoms with Gasteiger partial charge in [-0.25, -0.2) is 0 Å². The van der Waals surface area contributed by atoms with Crippen molar-refractivity contribution in [3.63, 3.8) is 0 Å². The number of Topliss-reactive ketones (excluding diaryl/α,β-unsaturated/α-hetero) is 1.